The molecule has 0 aliphatic heterocycles. The van der Waals surface area contributed by atoms with E-state index in [1.54, 1.807) is 31.2 Å². The molecule has 0 saturated carbocycles. The molecular formula is C19H16BrNO4. The molecule has 0 amide bonds. The minimum Gasteiger partial charge on any atom is -0.484 e. The van der Waals surface area contributed by atoms with E-state index in [2.05, 4.69) is 15.9 Å². The average Bonchev–Trinajstić information content (AvgIpc) is 2.92. The molecule has 0 spiro atoms. The van der Waals surface area contributed by atoms with Crippen LogP contribution in [0.1, 0.15) is 20.8 Å². The molecular weight excluding hydrogens is 386 g/mol. The Morgan fingerprint density at radius 1 is 1.08 bits per heavy atom. The van der Waals surface area contributed by atoms with Crippen LogP contribution in [-0.4, -0.2) is 30.2 Å². The third-order valence-corrected chi connectivity index (χ3v) is 4.46. The quantitative estimate of drug-likeness (QED) is 0.614. The second-order valence-corrected chi connectivity index (χ2v) is 6.36. The molecule has 5 nitrogen and oxygen atoms in total. The molecule has 0 N–H and O–H groups in total. The SMILES string of the molecule is COC(=O)c1c(C)n(C(=O)COc2ccc(Br)cc2)c2ccccc12. The summed E-state index contributed by atoms with van der Waals surface area (Å²) >= 11 is 3.35. The zero-order valence-electron chi connectivity index (χ0n) is 13.8. The zero-order chi connectivity index (χ0) is 18.0. The topological polar surface area (TPSA) is 57.5 Å². The first-order valence-corrected chi connectivity index (χ1v) is 8.42. The number of ether oxygens (including phenoxy) is 2. The molecule has 6 heteroatoms. The lowest BCUT2D eigenvalue weighted by molar-refractivity contribution is 0.0602. The number of hydrogen-bond acceptors (Lipinski definition) is 4. The van der Waals surface area contributed by atoms with Gasteiger partial charge in [0.2, 0.25) is 0 Å². The predicted molar refractivity (Wildman–Crippen MR) is 98.3 cm³/mol. The van der Waals surface area contributed by atoms with E-state index in [0.717, 1.165) is 4.47 Å². The summed E-state index contributed by atoms with van der Waals surface area (Å²) < 4.78 is 12.9. The van der Waals surface area contributed by atoms with Crippen molar-refractivity contribution in [1.82, 2.24) is 4.57 Å². The Bertz CT molecular complexity index is 944. The molecule has 0 atom stereocenters. The van der Waals surface area contributed by atoms with Gasteiger partial charge in [-0.25, -0.2) is 4.79 Å². The van der Waals surface area contributed by atoms with Gasteiger partial charge in [0.1, 0.15) is 5.75 Å². The van der Waals surface area contributed by atoms with E-state index < -0.39 is 5.97 Å². The maximum atomic E-state index is 12.7. The van der Waals surface area contributed by atoms with Crippen LogP contribution in [0.2, 0.25) is 0 Å². The number of benzene rings is 2. The highest BCUT2D eigenvalue weighted by molar-refractivity contribution is 9.10. The van der Waals surface area contributed by atoms with E-state index in [9.17, 15) is 9.59 Å². The van der Waals surface area contributed by atoms with Gasteiger partial charge in [-0.15, -0.1) is 0 Å². The Balaban J connectivity index is 1.94. The molecule has 3 rings (SSSR count). The van der Waals surface area contributed by atoms with Gasteiger partial charge in [0.05, 0.1) is 18.2 Å². The molecule has 1 aromatic heterocycles. The fourth-order valence-electron chi connectivity index (χ4n) is 2.79. The second kappa shape index (κ2) is 7.11. The number of aromatic nitrogens is 1. The van der Waals surface area contributed by atoms with E-state index in [4.69, 9.17) is 9.47 Å². The number of carbonyl (C=O) groups is 2. The fourth-order valence-corrected chi connectivity index (χ4v) is 3.05. The van der Waals surface area contributed by atoms with Gasteiger partial charge >= 0.3 is 5.97 Å². The van der Waals surface area contributed by atoms with Crippen molar-refractivity contribution < 1.29 is 19.1 Å². The van der Waals surface area contributed by atoms with Gasteiger partial charge in [-0.1, -0.05) is 34.1 Å². The van der Waals surface area contributed by atoms with E-state index in [0.29, 0.717) is 27.9 Å². The summed E-state index contributed by atoms with van der Waals surface area (Å²) in [4.78, 5) is 24.8. The molecule has 0 aliphatic carbocycles. The lowest BCUT2D eigenvalue weighted by Gasteiger charge is -2.09. The third-order valence-electron chi connectivity index (χ3n) is 3.93. The van der Waals surface area contributed by atoms with Crippen molar-refractivity contribution in [1.29, 1.82) is 0 Å². The standard InChI is InChI=1S/C19H16BrNO4/c1-12-18(19(23)24-2)15-5-3-4-6-16(15)21(12)17(22)11-25-14-9-7-13(20)8-10-14/h3-10H,11H2,1-2H3. The third kappa shape index (κ3) is 3.30. The van der Waals surface area contributed by atoms with E-state index in [1.165, 1.54) is 11.7 Å². The van der Waals surface area contributed by atoms with Gasteiger partial charge in [0.15, 0.2) is 6.61 Å². The molecule has 25 heavy (non-hydrogen) atoms. The first-order valence-electron chi connectivity index (χ1n) is 7.63. The number of rotatable bonds is 4. The van der Waals surface area contributed by atoms with E-state index in [1.807, 2.05) is 24.3 Å². The minimum absolute atomic E-state index is 0.137. The number of esters is 1. The maximum Gasteiger partial charge on any atom is 0.340 e. The van der Waals surface area contributed by atoms with E-state index >= 15 is 0 Å². The van der Waals surface area contributed by atoms with E-state index in [-0.39, 0.29) is 12.5 Å². The van der Waals surface area contributed by atoms with Crippen LogP contribution in [0.15, 0.2) is 53.0 Å². The van der Waals surface area contributed by atoms with Gasteiger partial charge in [-0.3, -0.25) is 9.36 Å². The summed E-state index contributed by atoms with van der Waals surface area (Å²) in [6, 6.07) is 14.5. The molecule has 0 aliphatic rings. The van der Waals surface area contributed by atoms with Crippen LogP contribution in [0.4, 0.5) is 0 Å². The second-order valence-electron chi connectivity index (χ2n) is 5.44. The summed E-state index contributed by atoms with van der Waals surface area (Å²) in [5, 5.41) is 0.684. The van der Waals surface area contributed by atoms with Gasteiger partial charge < -0.3 is 9.47 Å². The zero-order valence-corrected chi connectivity index (χ0v) is 15.4. The van der Waals surface area contributed by atoms with Crippen LogP contribution in [0.3, 0.4) is 0 Å². The Hall–Kier alpha value is -2.60. The van der Waals surface area contributed by atoms with Crippen molar-refractivity contribution in [2.24, 2.45) is 0 Å². The van der Waals surface area contributed by atoms with Crippen LogP contribution < -0.4 is 4.74 Å². The summed E-state index contributed by atoms with van der Waals surface area (Å²) in [6.07, 6.45) is 0. The average molecular weight is 402 g/mol. The van der Waals surface area contributed by atoms with Crippen LogP contribution in [0.5, 0.6) is 5.75 Å². The summed E-state index contributed by atoms with van der Waals surface area (Å²) in [6.45, 7) is 1.59. The number of carbonyl (C=O) groups excluding carboxylic acids is 2. The van der Waals surface area contributed by atoms with Crippen molar-refractivity contribution in [2.75, 3.05) is 13.7 Å². The van der Waals surface area contributed by atoms with Crippen LogP contribution in [0, 0.1) is 6.92 Å². The van der Waals surface area contributed by atoms with Gasteiger partial charge in [-0.05, 0) is 37.3 Å². The molecule has 0 unspecified atom stereocenters. The van der Waals surface area contributed by atoms with Gasteiger partial charge in [0, 0.05) is 15.6 Å². The Morgan fingerprint density at radius 2 is 1.76 bits per heavy atom. The molecule has 3 aromatic rings. The molecule has 128 valence electrons. The number of nitrogens with zero attached hydrogens (tertiary/aromatic N) is 1. The molecule has 1 heterocycles. The monoisotopic (exact) mass is 401 g/mol. The summed E-state index contributed by atoms with van der Waals surface area (Å²) in [7, 11) is 1.33. The lowest BCUT2D eigenvalue weighted by Crippen LogP contribution is -2.20. The Kier molecular flexibility index (Phi) is 4.90. The first kappa shape index (κ1) is 17.2. The number of hydrogen-bond donors (Lipinski definition) is 0. The van der Waals surface area contributed by atoms with Gasteiger partial charge in [0.25, 0.3) is 5.91 Å². The van der Waals surface area contributed by atoms with Crippen LogP contribution >= 0.6 is 15.9 Å². The van der Waals surface area contributed by atoms with Crippen LogP contribution in [0.25, 0.3) is 10.9 Å². The smallest absolute Gasteiger partial charge is 0.340 e. The van der Waals surface area contributed by atoms with Crippen LogP contribution in [-0.2, 0) is 4.74 Å². The number of halogens is 1. The molecule has 0 fully saturated rings. The highest BCUT2D eigenvalue weighted by atomic mass is 79.9. The first-order chi connectivity index (χ1) is 12.0. The van der Waals surface area contributed by atoms with Crippen molar-refractivity contribution in [2.45, 2.75) is 6.92 Å². The van der Waals surface area contributed by atoms with Crippen molar-refractivity contribution >= 4 is 38.7 Å². The highest BCUT2D eigenvalue weighted by Gasteiger charge is 2.23. The maximum absolute atomic E-state index is 12.7. The summed E-state index contributed by atoms with van der Waals surface area (Å²) in [5.41, 5.74) is 1.59. The van der Waals surface area contributed by atoms with Crippen molar-refractivity contribution in [3.05, 3.63) is 64.3 Å². The molecule has 0 saturated heterocycles. The lowest BCUT2D eigenvalue weighted by atomic mass is 10.1. The largest absolute Gasteiger partial charge is 0.484 e. The molecule has 0 bridgehead atoms. The van der Waals surface area contributed by atoms with Gasteiger partial charge in [-0.2, -0.15) is 0 Å². The predicted octanol–water partition coefficient (Wildman–Crippen LogP) is 4.22. The molecule has 0 radical (unpaired) electrons. The highest BCUT2D eigenvalue weighted by Crippen LogP contribution is 2.26. The Morgan fingerprint density at radius 3 is 2.44 bits per heavy atom. The Labute approximate surface area is 153 Å². The van der Waals surface area contributed by atoms with Crippen molar-refractivity contribution in [3.63, 3.8) is 0 Å². The molecule has 2 aromatic carbocycles. The number of methoxy groups -OCH3 is 1. The minimum atomic E-state index is -0.464. The fraction of sp³-hybridized carbons (Fsp3) is 0.158. The normalized spacial score (nSPS) is 10.7. The summed E-state index contributed by atoms with van der Waals surface area (Å²) in [5.74, 6) is -0.125. The van der Waals surface area contributed by atoms with Crippen molar-refractivity contribution in [3.8, 4) is 5.75 Å². The number of fused-ring (bicyclic) bond motifs is 1. The number of para-hydroxylation sites is 1.